The second-order valence-electron chi connectivity index (χ2n) is 4.42. The number of nitrogens with two attached hydrogens (primary N) is 2. The summed E-state index contributed by atoms with van der Waals surface area (Å²) in [5.74, 6) is 6.10. The summed E-state index contributed by atoms with van der Waals surface area (Å²) in [6, 6.07) is 1.31. The Morgan fingerprint density at radius 1 is 1.63 bits per heavy atom. The highest BCUT2D eigenvalue weighted by molar-refractivity contribution is 5.80. The average Bonchev–Trinajstić information content (AvgIpc) is 2.38. The fourth-order valence-electron chi connectivity index (χ4n) is 2.05. The lowest BCUT2D eigenvalue weighted by Crippen LogP contribution is -2.52. The van der Waals surface area contributed by atoms with Gasteiger partial charge in [-0.2, -0.15) is 0 Å². The van der Waals surface area contributed by atoms with Gasteiger partial charge in [-0.3, -0.25) is 9.69 Å². The highest BCUT2D eigenvalue weighted by atomic mass is 16.5. The number of hydrogen-bond donors (Lipinski definition) is 3. The Bertz CT molecular complexity index is 466. The van der Waals surface area contributed by atoms with Crippen molar-refractivity contribution in [3.05, 3.63) is 17.6 Å². The molecule has 0 aliphatic carbocycles. The van der Waals surface area contributed by atoms with E-state index in [-0.39, 0.29) is 0 Å². The number of carbonyl (C=O) groups is 1. The fraction of sp³-hybridized carbons (Fsp3) is 0.545. The molecule has 104 valence electrons. The molecular weight excluding hydrogens is 248 g/mol. The van der Waals surface area contributed by atoms with Gasteiger partial charge in [-0.15, -0.1) is 0 Å². The molecule has 2 rings (SSSR count). The zero-order valence-corrected chi connectivity index (χ0v) is 10.8. The maximum absolute atomic E-state index is 11.4. The summed E-state index contributed by atoms with van der Waals surface area (Å²) in [6.07, 6.45) is 0. The first-order valence-electron chi connectivity index (χ1n) is 6.02. The van der Waals surface area contributed by atoms with Gasteiger partial charge in [0, 0.05) is 18.3 Å². The van der Waals surface area contributed by atoms with E-state index in [0.29, 0.717) is 37.9 Å². The number of ether oxygens (including phenoxy) is 1. The number of primary amides is 1. The van der Waals surface area contributed by atoms with Crippen LogP contribution in [0.4, 0.5) is 5.82 Å². The van der Waals surface area contributed by atoms with Gasteiger partial charge in [-0.1, -0.05) is 0 Å². The summed E-state index contributed by atoms with van der Waals surface area (Å²) in [6.45, 7) is 3.79. The van der Waals surface area contributed by atoms with Gasteiger partial charge >= 0.3 is 0 Å². The molecule has 1 aromatic heterocycles. The summed E-state index contributed by atoms with van der Waals surface area (Å²) in [4.78, 5) is 21.9. The van der Waals surface area contributed by atoms with Crippen LogP contribution in [0.3, 0.4) is 0 Å². The molecule has 0 radical (unpaired) electrons. The van der Waals surface area contributed by atoms with Crippen LogP contribution in [0.25, 0.3) is 0 Å². The number of anilines is 1. The van der Waals surface area contributed by atoms with Gasteiger partial charge in [0.2, 0.25) is 5.91 Å². The molecule has 0 aromatic carbocycles. The molecule has 1 saturated heterocycles. The molecule has 1 aliphatic rings. The second kappa shape index (κ2) is 5.91. The van der Waals surface area contributed by atoms with E-state index in [2.05, 4.69) is 15.4 Å². The molecular formula is C11H18N6O2. The summed E-state index contributed by atoms with van der Waals surface area (Å²) in [7, 11) is 0. The fourth-order valence-corrected chi connectivity index (χ4v) is 2.05. The average molecular weight is 266 g/mol. The number of nitrogens with zero attached hydrogens (tertiary/aromatic N) is 3. The standard InChI is InChI=1S/C11H18N6O2/c1-7-4-9(16-13)15-10(14-7)5-17-2-3-19-6-8(17)11(12)18/h4,8H,2-3,5-6,13H2,1H3,(H2,12,18)(H,14,15,16). The van der Waals surface area contributed by atoms with Gasteiger partial charge in [-0.05, 0) is 6.92 Å². The first-order valence-corrected chi connectivity index (χ1v) is 6.02. The van der Waals surface area contributed by atoms with E-state index in [1.165, 1.54) is 0 Å². The van der Waals surface area contributed by atoms with E-state index < -0.39 is 11.9 Å². The molecule has 19 heavy (non-hydrogen) atoms. The van der Waals surface area contributed by atoms with Crippen LogP contribution in [-0.2, 0) is 16.1 Å². The van der Waals surface area contributed by atoms with E-state index in [1.807, 2.05) is 11.8 Å². The number of rotatable bonds is 4. The summed E-state index contributed by atoms with van der Waals surface area (Å²) in [5, 5.41) is 0. The molecule has 2 heterocycles. The third-order valence-electron chi connectivity index (χ3n) is 2.96. The topological polar surface area (TPSA) is 119 Å². The van der Waals surface area contributed by atoms with E-state index in [4.69, 9.17) is 16.3 Å². The second-order valence-corrected chi connectivity index (χ2v) is 4.42. The highest BCUT2D eigenvalue weighted by Gasteiger charge is 2.28. The van der Waals surface area contributed by atoms with Crippen LogP contribution in [0.15, 0.2) is 6.07 Å². The third kappa shape index (κ3) is 3.37. The van der Waals surface area contributed by atoms with Crippen LogP contribution >= 0.6 is 0 Å². The minimum Gasteiger partial charge on any atom is -0.378 e. The van der Waals surface area contributed by atoms with Crippen molar-refractivity contribution in [3.8, 4) is 0 Å². The van der Waals surface area contributed by atoms with Crippen molar-refractivity contribution < 1.29 is 9.53 Å². The number of carbonyl (C=O) groups excluding carboxylic acids is 1. The summed E-state index contributed by atoms with van der Waals surface area (Å²) >= 11 is 0. The van der Waals surface area contributed by atoms with Gasteiger partial charge in [0.25, 0.3) is 0 Å². The van der Waals surface area contributed by atoms with Gasteiger partial charge in [0.05, 0.1) is 19.8 Å². The van der Waals surface area contributed by atoms with Gasteiger partial charge < -0.3 is 15.9 Å². The number of nitrogens with one attached hydrogen (secondary N) is 1. The maximum atomic E-state index is 11.4. The van der Waals surface area contributed by atoms with Gasteiger partial charge in [0.15, 0.2) is 0 Å². The monoisotopic (exact) mass is 266 g/mol. The number of amides is 1. The molecule has 1 amide bonds. The molecule has 0 saturated carbocycles. The number of morpholine rings is 1. The minimum absolute atomic E-state index is 0.309. The van der Waals surface area contributed by atoms with Crippen molar-refractivity contribution in [2.45, 2.75) is 19.5 Å². The van der Waals surface area contributed by atoms with Crippen molar-refractivity contribution in [1.29, 1.82) is 0 Å². The highest BCUT2D eigenvalue weighted by Crippen LogP contribution is 2.12. The number of hydrazine groups is 1. The molecule has 5 N–H and O–H groups in total. The van der Waals surface area contributed by atoms with Crippen molar-refractivity contribution in [3.63, 3.8) is 0 Å². The Labute approximate surface area is 111 Å². The zero-order valence-electron chi connectivity index (χ0n) is 10.8. The molecule has 1 unspecified atom stereocenters. The molecule has 8 heteroatoms. The van der Waals surface area contributed by atoms with Gasteiger partial charge in [-0.25, -0.2) is 15.8 Å². The molecule has 0 spiro atoms. The lowest BCUT2D eigenvalue weighted by molar-refractivity contribution is -0.129. The number of nitrogen functional groups attached to an aromatic ring is 1. The molecule has 8 nitrogen and oxygen atoms in total. The quantitative estimate of drug-likeness (QED) is 0.460. The van der Waals surface area contributed by atoms with Crippen molar-refractivity contribution in [2.75, 3.05) is 25.2 Å². The minimum atomic E-state index is -0.438. The molecule has 1 aliphatic heterocycles. The maximum Gasteiger partial charge on any atom is 0.237 e. The Balaban J connectivity index is 2.14. The van der Waals surface area contributed by atoms with Crippen LogP contribution in [0.5, 0.6) is 0 Å². The Morgan fingerprint density at radius 3 is 3.11 bits per heavy atom. The predicted octanol–water partition coefficient (Wildman–Crippen LogP) is -1.24. The van der Waals surface area contributed by atoms with Crippen LogP contribution in [-0.4, -0.2) is 46.6 Å². The zero-order chi connectivity index (χ0) is 13.8. The van der Waals surface area contributed by atoms with Crippen LogP contribution in [0, 0.1) is 6.92 Å². The summed E-state index contributed by atoms with van der Waals surface area (Å²) < 4.78 is 5.26. The van der Waals surface area contributed by atoms with E-state index in [0.717, 1.165) is 5.69 Å². The summed E-state index contributed by atoms with van der Waals surface area (Å²) in [5.41, 5.74) is 8.66. The van der Waals surface area contributed by atoms with Crippen molar-refractivity contribution in [2.24, 2.45) is 11.6 Å². The first-order chi connectivity index (χ1) is 9.10. The molecule has 1 aromatic rings. The van der Waals surface area contributed by atoms with Gasteiger partial charge in [0.1, 0.15) is 17.7 Å². The normalized spacial score (nSPS) is 20.2. The van der Waals surface area contributed by atoms with E-state index in [1.54, 1.807) is 6.07 Å². The van der Waals surface area contributed by atoms with Crippen LogP contribution in [0.1, 0.15) is 11.5 Å². The lowest BCUT2D eigenvalue weighted by Gasteiger charge is -2.32. The van der Waals surface area contributed by atoms with Crippen molar-refractivity contribution in [1.82, 2.24) is 14.9 Å². The number of aromatic nitrogens is 2. The lowest BCUT2D eigenvalue weighted by atomic mass is 10.2. The van der Waals surface area contributed by atoms with Crippen LogP contribution in [0.2, 0.25) is 0 Å². The predicted molar refractivity (Wildman–Crippen MR) is 68.8 cm³/mol. The third-order valence-corrected chi connectivity index (χ3v) is 2.96. The Morgan fingerprint density at radius 2 is 2.42 bits per heavy atom. The Hall–Kier alpha value is -1.77. The van der Waals surface area contributed by atoms with E-state index in [9.17, 15) is 4.79 Å². The molecule has 1 atom stereocenters. The number of hydrogen-bond acceptors (Lipinski definition) is 7. The SMILES string of the molecule is Cc1cc(NN)nc(CN2CCOCC2C(N)=O)n1. The van der Waals surface area contributed by atoms with E-state index >= 15 is 0 Å². The van der Waals surface area contributed by atoms with Crippen LogP contribution < -0.4 is 17.0 Å². The first kappa shape index (κ1) is 13.7. The molecule has 0 bridgehead atoms. The Kier molecular flexibility index (Phi) is 4.25. The number of aryl methyl sites for hydroxylation is 1. The smallest absolute Gasteiger partial charge is 0.237 e. The molecule has 1 fully saturated rings. The largest absolute Gasteiger partial charge is 0.378 e. The van der Waals surface area contributed by atoms with Crippen molar-refractivity contribution >= 4 is 11.7 Å².